The number of nitrogens with zero attached hydrogens (tertiary/aromatic N) is 5. The van der Waals surface area contributed by atoms with E-state index in [1.54, 1.807) is 27.9 Å². The van der Waals surface area contributed by atoms with Gasteiger partial charge in [-0.2, -0.15) is 5.10 Å². The molecule has 1 N–H and O–H groups in total. The van der Waals surface area contributed by atoms with Gasteiger partial charge in [0.25, 0.3) is 0 Å². The lowest BCUT2D eigenvalue weighted by molar-refractivity contribution is 0.0473. The largest absolute Gasteiger partial charge is 0.374 e. The molecule has 3 saturated heterocycles. The zero-order valence-electron chi connectivity index (χ0n) is 17.2. The van der Waals surface area contributed by atoms with Gasteiger partial charge < -0.3 is 19.9 Å². The average Bonchev–Trinajstić information content (AvgIpc) is 3.59. The van der Waals surface area contributed by atoms with E-state index in [-0.39, 0.29) is 24.2 Å². The van der Waals surface area contributed by atoms with Gasteiger partial charge in [0.05, 0.1) is 31.0 Å². The van der Waals surface area contributed by atoms with Gasteiger partial charge in [-0.15, -0.1) is 0 Å². The van der Waals surface area contributed by atoms with Gasteiger partial charge in [0.15, 0.2) is 5.65 Å². The molecule has 1 unspecified atom stereocenters. The summed E-state index contributed by atoms with van der Waals surface area (Å²) >= 11 is 0. The van der Waals surface area contributed by atoms with E-state index < -0.39 is 11.6 Å². The Morgan fingerprint density at radius 1 is 1.25 bits per heavy atom. The van der Waals surface area contributed by atoms with Crippen molar-refractivity contribution in [1.82, 2.24) is 19.5 Å². The number of carbonyl (C=O) groups is 1. The number of aromatic nitrogens is 3. The summed E-state index contributed by atoms with van der Waals surface area (Å²) in [5, 5.41) is 7.21. The zero-order valence-corrected chi connectivity index (χ0v) is 17.2. The van der Waals surface area contributed by atoms with Gasteiger partial charge in [-0.1, -0.05) is 0 Å². The molecule has 3 aliphatic heterocycles. The van der Waals surface area contributed by atoms with Crippen LogP contribution in [0.4, 0.5) is 25.1 Å². The van der Waals surface area contributed by atoms with Crippen LogP contribution >= 0.6 is 0 Å². The van der Waals surface area contributed by atoms with Crippen molar-refractivity contribution in [3.05, 3.63) is 53.9 Å². The Kier molecular flexibility index (Phi) is 4.49. The molecule has 3 fully saturated rings. The summed E-state index contributed by atoms with van der Waals surface area (Å²) in [6, 6.07) is 4.97. The maximum atomic E-state index is 14.4. The summed E-state index contributed by atoms with van der Waals surface area (Å²) in [6.45, 7) is 1.84. The van der Waals surface area contributed by atoms with E-state index in [1.807, 2.05) is 4.90 Å². The molecule has 8 nitrogen and oxygen atoms in total. The molecule has 2 amide bonds. The minimum absolute atomic E-state index is 0.108. The third-order valence-corrected chi connectivity index (χ3v) is 6.62. The minimum atomic E-state index is -0.460. The first-order valence-corrected chi connectivity index (χ1v) is 10.8. The Labute approximate surface area is 182 Å². The molecule has 2 aromatic heterocycles. The van der Waals surface area contributed by atoms with E-state index in [9.17, 15) is 13.6 Å². The molecule has 3 atom stereocenters. The number of benzene rings is 1. The van der Waals surface area contributed by atoms with Crippen LogP contribution in [0.2, 0.25) is 0 Å². The Balaban J connectivity index is 1.29. The molecule has 1 aromatic carbocycles. The smallest absolute Gasteiger partial charge is 0.322 e. The van der Waals surface area contributed by atoms with Crippen molar-refractivity contribution in [3.63, 3.8) is 0 Å². The first kappa shape index (κ1) is 19.4. The molecule has 0 radical (unpaired) electrons. The number of carbonyl (C=O) groups excluding carboxylic acids is 1. The number of amides is 2. The number of anilines is 2. The van der Waals surface area contributed by atoms with Crippen molar-refractivity contribution in [2.24, 2.45) is 0 Å². The van der Waals surface area contributed by atoms with Crippen LogP contribution < -0.4 is 10.2 Å². The predicted octanol–water partition coefficient (Wildman–Crippen LogP) is 3.35. The van der Waals surface area contributed by atoms with E-state index in [2.05, 4.69) is 10.4 Å². The number of morpholine rings is 1. The molecule has 166 valence electrons. The van der Waals surface area contributed by atoms with Gasteiger partial charge in [-0.3, -0.25) is 0 Å². The fraction of sp³-hybridized carbons (Fsp3) is 0.409. The van der Waals surface area contributed by atoms with Crippen molar-refractivity contribution < 1.29 is 18.3 Å². The number of nitrogens with one attached hydrogen (secondary N) is 1. The molecular formula is C22H22F2N6O2. The number of ether oxygens (including phenoxy) is 1. The highest BCUT2D eigenvalue weighted by Gasteiger charge is 2.41. The van der Waals surface area contributed by atoms with Gasteiger partial charge in [0.1, 0.15) is 23.1 Å². The minimum Gasteiger partial charge on any atom is -0.374 e. The number of urea groups is 1. The number of hydrogen-bond acceptors (Lipinski definition) is 5. The zero-order chi connectivity index (χ0) is 21.8. The van der Waals surface area contributed by atoms with Gasteiger partial charge in [0.2, 0.25) is 0 Å². The van der Waals surface area contributed by atoms with Crippen LogP contribution in [0.1, 0.15) is 30.9 Å². The second-order valence-corrected chi connectivity index (χ2v) is 8.56. The molecule has 32 heavy (non-hydrogen) atoms. The summed E-state index contributed by atoms with van der Waals surface area (Å²) in [7, 11) is 0. The molecule has 0 aliphatic carbocycles. The Morgan fingerprint density at radius 2 is 2.16 bits per heavy atom. The molecule has 5 heterocycles. The van der Waals surface area contributed by atoms with Gasteiger partial charge >= 0.3 is 6.03 Å². The maximum absolute atomic E-state index is 14.4. The van der Waals surface area contributed by atoms with E-state index >= 15 is 0 Å². The quantitative estimate of drug-likeness (QED) is 0.676. The molecule has 10 heteroatoms. The Hall–Kier alpha value is -3.27. The number of likely N-dealkylation sites (tertiary alicyclic amines) is 1. The highest BCUT2D eigenvalue weighted by Crippen LogP contribution is 2.37. The lowest BCUT2D eigenvalue weighted by Crippen LogP contribution is -2.43. The standard InChI is InChI=1S/C22H22F2N6O2/c23-13-3-4-17(24)16(8-13)19-2-1-6-28(19)20-5-7-30-21(27-20)18(10-25-30)26-22(31)29-11-15-9-14(29)12-32-15/h3-5,7-8,10,14-15,19H,1-2,6,9,11-12H2,(H,26,31)/t14-,15-,19?/m0/s1. The highest BCUT2D eigenvalue weighted by molar-refractivity contribution is 5.93. The molecule has 0 saturated carbocycles. The summed E-state index contributed by atoms with van der Waals surface area (Å²) in [5.74, 6) is -0.252. The van der Waals surface area contributed by atoms with Crippen molar-refractivity contribution in [3.8, 4) is 0 Å². The van der Waals surface area contributed by atoms with Crippen molar-refractivity contribution in [2.45, 2.75) is 37.5 Å². The number of fused-ring (bicyclic) bond motifs is 3. The normalized spacial score (nSPS) is 24.6. The third kappa shape index (κ3) is 3.17. The van der Waals surface area contributed by atoms with Crippen LogP contribution in [0, 0.1) is 11.6 Å². The van der Waals surface area contributed by atoms with Crippen LogP contribution in [0.3, 0.4) is 0 Å². The average molecular weight is 440 g/mol. The van der Waals surface area contributed by atoms with Crippen LogP contribution in [0.5, 0.6) is 0 Å². The highest BCUT2D eigenvalue weighted by atomic mass is 19.1. The van der Waals surface area contributed by atoms with Crippen LogP contribution in [-0.2, 0) is 4.74 Å². The fourth-order valence-corrected chi connectivity index (χ4v) is 5.08. The molecule has 0 spiro atoms. The van der Waals surface area contributed by atoms with E-state index in [1.165, 1.54) is 12.1 Å². The Bertz CT molecular complexity index is 1200. The summed E-state index contributed by atoms with van der Waals surface area (Å²) < 4.78 is 35.4. The summed E-state index contributed by atoms with van der Waals surface area (Å²) in [4.78, 5) is 21.3. The van der Waals surface area contributed by atoms with Gasteiger partial charge in [-0.05, 0) is 43.5 Å². The van der Waals surface area contributed by atoms with Crippen LogP contribution in [-0.4, -0.2) is 57.4 Å². The summed E-state index contributed by atoms with van der Waals surface area (Å²) in [6.07, 6.45) is 5.87. The topological polar surface area (TPSA) is 75.0 Å². The molecule has 2 bridgehead atoms. The first-order valence-electron chi connectivity index (χ1n) is 10.8. The lowest BCUT2D eigenvalue weighted by atomic mass is 10.0. The second kappa shape index (κ2) is 7.40. The van der Waals surface area contributed by atoms with Crippen LogP contribution in [0.25, 0.3) is 5.65 Å². The van der Waals surface area contributed by atoms with E-state index in [4.69, 9.17) is 9.72 Å². The first-order chi connectivity index (χ1) is 15.6. The van der Waals surface area contributed by atoms with Crippen molar-refractivity contribution in [1.29, 1.82) is 0 Å². The molecular weight excluding hydrogens is 418 g/mol. The monoisotopic (exact) mass is 440 g/mol. The molecule has 3 aliphatic rings. The van der Waals surface area contributed by atoms with E-state index in [0.29, 0.717) is 48.8 Å². The van der Waals surface area contributed by atoms with Crippen LogP contribution in [0.15, 0.2) is 36.7 Å². The van der Waals surface area contributed by atoms with Crippen molar-refractivity contribution >= 4 is 23.2 Å². The number of hydrogen-bond donors (Lipinski definition) is 1. The fourth-order valence-electron chi connectivity index (χ4n) is 5.08. The molecule has 3 aromatic rings. The summed E-state index contributed by atoms with van der Waals surface area (Å²) in [5.41, 5.74) is 1.34. The number of rotatable bonds is 3. The lowest BCUT2D eigenvalue weighted by Gasteiger charge is -2.27. The second-order valence-electron chi connectivity index (χ2n) is 8.56. The Morgan fingerprint density at radius 3 is 2.97 bits per heavy atom. The number of halogens is 2. The maximum Gasteiger partial charge on any atom is 0.322 e. The van der Waals surface area contributed by atoms with Crippen molar-refractivity contribution in [2.75, 3.05) is 29.9 Å². The third-order valence-electron chi connectivity index (χ3n) is 6.62. The van der Waals surface area contributed by atoms with E-state index in [0.717, 1.165) is 18.9 Å². The van der Waals surface area contributed by atoms with Gasteiger partial charge in [0, 0.05) is 24.8 Å². The molecule has 6 rings (SSSR count). The predicted molar refractivity (Wildman–Crippen MR) is 113 cm³/mol. The SMILES string of the molecule is O=C(Nc1cnn2ccc(N3CCCC3c3cc(F)ccc3F)nc12)N1C[C@@H]2C[C@H]1CO2. The van der Waals surface area contributed by atoms with Gasteiger partial charge in [-0.25, -0.2) is 23.1 Å².